The zero-order valence-corrected chi connectivity index (χ0v) is 40.2. The highest BCUT2D eigenvalue weighted by Crippen LogP contribution is 2.37. The highest BCUT2D eigenvalue weighted by atomic mass is 28.4. The summed E-state index contributed by atoms with van der Waals surface area (Å²) in [7, 11) is -2.00. The lowest BCUT2D eigenvalue weighted by molar-refractivity contribution is 0.0992. The van der Waals surface area contributed by atoms with Gasteiger partial charge in [0, 0.05) is 50.2 Å². The van der Waals surface area contributed by atoms with E-state index in [0.29, 0.717) is 93.4 Å². The molecule has 0 bridgehead atoms. The molecule has 7 aromatic rings. The Morgan fingerprint density at radius 1 is 0.758 bits per heavy atom. The van der Waals surface area contributed by atoms with Crippen molar-refractivity contribution >= 4 is 76.9 Å². The fourth-order valence-electron chi connectivity index (χ4n) is 7.57. The number of nitrogens with zero attached hydrogens (tertiary/aromatic N) is 8. The summed E-state index contributed by atoms with van der Waals surface area (Å²) in [5.74, 6) is -0.916. The van der Waals surface area contributed by atoms with Gasteiger partial charge in [-0.15, -0.1) is 0 Å². The molecule has 348 valence electrons. The number of furan rings is 1. The average Bonchev–Trinajstić information content (AvgIpc) is 4.07. The molecule has 0 aliphatic carbocycles. The molecule has 0 spiro atoms. The minimum atomic E-state index is -2.00. The number of primary amides is 2. The molecule has 0 radical (unpaired) electrons. The molecule has 4 amide bonds. The summed E-state index contributed by atoms with van der Waals surface area (Å²) in [4.78, 5) is 62.6. The number of hydrogen-bond donors (Lipinski definition) is 4. The molecule has 7 rings (SSSR count). The van der Waals surface area contributed by atoms with Crippen LogP contribution in [-0.2, 0) is 30.6 Å². The molecule has 0 fully saturated rings. The van der Waals surface area contributed by atoms with Gasteiger partial charge in [-0.2, -0.15) is 10.2 Å². The Morgan fingerprint density at radius 3 is 1.82 bits per heavy atom. The zero-order chi connectivity index (χ0) is 47.8. The van der Waals surface area contributed by atoms with Crippen LogP contribution in [0.3, 0.4) is 0 Å². The predicted octanol–water partition coefficient (Wildman–Crippen LogP) is 7.24. The number of hydrogen-bond acceptors (Lipinski definition) is 11. The molecule has 0 unspecified atom stereocenters. The quantitative estimate of drug-likeness (QED) is 0.0379. The van der Waals surface area contributed by atoms with Crippen molar-refractivity contribution in [1.29, 1.82) is 0 Å². The van der Waals surface area contributed by atoms with E-state index in [1.54, 1.807) is 57.3 Å². The van der Waals surface area contributed by atoms with Crippen molar-refractivity contribution < 1.29 is 32.8 Å². The van der Waals surface area contributed by atoms with E-state index in [-0.39, 0.29) is 47.8 Å². The molecule has 6 N–H and O–H groups in total. The molecule has 5 aromatic heterocycles. The van der Waals surface area contributed by atoms with Crippen LogP contribution in [0, 0.1) is 20.8 Å². The third-order valence-corrected chi connectivity index (χ3v) is 16.4. The number of fused-ring (bicyclic) bond motifs is 4. The Kier molecular flexibility index (Phi) is 13.1. The second kappa shape index (κ2) is 18.4. The fraction of sp³-hybridized carbons (Fsp3) is 0.391. The Labute approximate surface area is 382 Å². The van der Waals surface area contributed by atoms with Crippen molar-refractivity contribution in [3.05, 3.63) is 88.2 Å². The maximum Gasteiger partial charge on any atom is 0.276 e. The lowest BCUT2D eigenvalue weighted by atomic mass is 10.1. The summed E-state index contributed by atoms with van der Waals surface area (Å²) < 4.78 is 25.6. The number of aromatic nitrogens is 8. The molecule has 0 atom stereocenters. The number of nitrogens with two attached hydrogens (primary N) is 2. The number of nitrogens with one attached hydrogen (secondary N) is 2. The number of benzene rings is 2. The summed E-state index contributed by atoms with van der Waals surface area (Å²) in [5, 5.41) is 15.4. The normalized spacial score (nSPS) is 12.3. The van der Waals surface area contributed by atoms with Gasteiger partial charge in [0.1, 0.15) is 34.0 Å². The van der Waals surface area contributed by atoms with Crippen molar-refractivity contribution in [2.45, 2.75) is 106 Å². The van der Waals surface area contributed by atoms with E-state index < -0.39 is 31.9 Å². The molecule has 0 aliphatic heterocycles. The Hall–Kier alpha value is -7.06. The minimum Gasteiger partial charge on any atom is -0.491 e. The number of anilines is 2. The van der Waals surface area contributed by atoms with Crippen LogP contribution in [-0.4, -0.2) is 83.8 Å². The number of imidazole rings is 2. The first-order valence-electron chi connectivity index (χ1n) is 21.9. The number of amides is 4. The van der Waals surface area contributed by atoms with Crippen LogP contribution in [0.4, 0.5) is 11.9 Å². The molecule has 0 aliphatic rings. The van der Waals surface area contributed by atoms with Gasteiger partial charge in [-0.1, -0.05) is 32.9 Å². The number of carbonyl (C=O) groups excluding carboxylic acids is 4. The number of rotatable bonds is 18. The van der Waals surface area contributed by atoms with Gasteiger partial charge < -0.3 is 34.2 Å². The van der Waals surface area contributed by atoms with Crippen molar-refractivity contribution in [3.8, 4) is 5.75 Å². The zero-order valence-electron chi connectivity index (χ0n) is 39.2. The molecule has 20 heteroatoms. The van der Waals surface area contributed by atoms with Crippen LogP contribution in [0.1, 0.15) is 99.9 Å². The highest BCUT2D eigenvalue weighted by Gasteiger charge is 2.37. The van der Waals surface area contributed by atoms with Crippen molar-refractivity contribution in [2.75, 3.05) is 23.8 Å². The number of aryl methyl sites for hydroxylation is 5. The number of ether oxygens (including phenoxy) is 1. The second-order valence-corrected chi connectivity index (χ2v) is 22.5. The molecule has 0 saturated carbocycles. The van der Waals surface area contributed by atoms with E-state index in [9.17, 15) is 19.2 Å². The Bertz CT molecular complexity index is 3050. The molecular weight excluding hydrogens is 861 g/mol. The van der Waals surface area contributed by atoms with Gasteiger partial charge in [-0.3, -0.25) is 39.2 Å². The summed E-state index contributed by atoms with van der Waals surface area (Å²) in [6.07, 6.45) is 4.33. The van der Waals surface area contributed by atoms with Gasteiger partial charge >= 0.3 is 0 Å². The molecule has 19 nitrogen and oxygen atoms in total. The fourth-order valence-corrected chi connectivity index (χ4v) is 8.66. The van der Waals surface area contributed by atoms with E-state index in [1.807, 2.05) is 44.4 Å². The first-order chi connectivity index (χ1) is 31.2. The first kappa shape index (κ1) is 46.9. The maximum absolute atomic E-state index is 13.9. The summed E-state index contributed by atoms with van der Waals surface area (Å²) in [5.41, 5.74) is 16.2. The third kappa shape index (κ3) is 9.36. The van der Waals surface area contributed by atoms with Gasteiger partial charge in [-0.05, 0) is 89.1 Å². The van der Waals surface area contributed by atoms with Crippen molar-refractivity contribution in [1.82, 2.24) is 38.7 Å². The summed E-state index contributed by atoms with van der Waals surface area (Å²) in [6.45, 7) is 22.2. The van der Waals surface area contributed by atoms with E-state index >= 15 is 0 Å². The topological polar surface area (TPSA) is 247 Å². The maximum atomic E-state index is 13.9. The van der Waals surface area contributed by atoms with E-state index in [4.69, 9.17) is 35.0 Å². The lowest BCUT2D eigenvalue weighted by Gasteiger charge is -2.36. The largest absolute Gasteiger partial charge is 0.491 e. The van der Waals surface area contributed by atoms with Gasteiger partial charge in [0.15, 0.2) is 8.32 Å². The monoisotopic (exact) mass is 918 g/mol. The van der Waals surface area contributed by atoms with Crippen LogP contribution in [0.5, 0.6) is 5.75 Å². The summed E-state index contributed by atoms with van der Waals surface area (Å²) in [6, 6.07) is 9.90. The van der Waals surface area contributed by atoms with Crippen molar-refractivity contribution in [2.24, 2.45) is 11.5 Å². The molecular formula is C46H58N12O7Si. The Morgan fingerprint density at radius 2 is 1.30 bits per heavy atom. The smallest absolute Gasteiger partial charge is 0.276 e. The van der Waals surface area contributed by atoms with Crippen LogP contribution in [0.25, 0.3) is 33.0 Å². The highest BCUT2D eigenvalue weighted by molar-refractivity contribution is 6.74. The second-order valence-electron chi connectivity index (χ2n) is 17.7. The number of allylic oxidation sites excluding steroid dienone is 2. The Balaban J connectivity index is 1.28. The van der Waals surface area contributed by atoms with Crippen LogP contribution < -0.4 is 26.8 Å². The SMILES string of the molecule is CCn1nc(C)cc1C(=O)Nc1nc2cc(C(N)=O)cc(OCCCO[Si](C)(C)C(C)(C)C)c2n1C/C=C/Cn1c(NC(=O)c2cc(C)nn2CC)nc2cc(C(N)=O)c3oc(C)cc3c21. The van der Waals surface area contributed by atoms with E-state index in [0.717, 1.165) is 0 Å². The van der Waals surface area contributed by atoms with Gasteiger partial charge in [0.05, 0.1) is 40.1 Å². The lowest BCUT2D eigenvalue weighted by Crippen LogP contribution is -2.41. The third-order valence-electron chi connectivity index (χ3n) is 11.9. The minimum absolute atomic E-state index is 0.0438. The molecule has 66 heavy (non-hydrogen) atoms. The van der Waals surface area contributed by atoms with Crippen LogP contribution >= 0.6 is 0 Å². The molecule has 5 heterocycles. The van der Waals surface area contributed by atoms with Crippen molar-refractivity contribution in [3.63, 3.8) is 0 Å². The first-order valence-corrected chi connectivity index (χ1v) is 24.8. The average molecular weight is 919 g/mol. The standard InChI is InChI=1S/C46H58N12O7Si/c1-11-57-34(20-26(3)53-57)42(61)51-44-50-33-25-31(41(48)60)39-30(22-28(5)65-39)37(33)55(44)16-13-14-17-56-38-32(49-45(56)52-43(62)35-21-27(4)54-58(35)12-2)23-29(40(47)59)24-36(38)63-18-15-19-64-66(9,10)46(6,7)8/h13-14,20-25H,11-12,15-19H2,1-10H3,(H2,47,59)(H2,48,60)(H,49,52,62)(H,50,51,61)/b14-13+. The number of carbonyl (C=O) groups is 4. The van der Waals surface area contributed by atoms with E-state index in [1.165, 1.54) is 0 Å². The van der Waals surface area contributed by atoms with Gasteiger partial charge in [0.25, 0.3) is 17.7 Å². The van der Waals surface area contributed by atoms with E-state index in [2.05, 4.69) is 54.7 Å². The van der Waals surface area contributed by atoms with Gasteiger partial charge in [-0.25, -0.2) is 9.97 Å². The molecule has 2 aromatic carbocycles. The molecule has 0 saturated heterocycles. The predicted molar refractivity (Wildman–Crippen MR) is 255 cm³/mol. The summed E-state index contributed by atoms with van der Waals surface area (Å²) >= 11 is 0. The van der Waals surface area contributed by atoms with Crippen LogP contribution in [0.2, 0.25) is 18.1 Å². The van der Waals surface area contributed by atoms with Gasteiger partial charge in [0.2, 0.25) is 17.8 Å². The van der Waals surface area contributed by atoms with Crippen LogP contribution in [0.15, 0.2) is 53.0 Å².